The van der Waals surface area contributed by atoms with Gasteiger partial charge in [-0.15, -0.1) is 0 Å². The van der Waals surface area contributed by atoms with E-state index in [0.717, 1.165) is 5.22 Å². The Labute approximate surface area is 84.9 Å². The summed E-state index contributed by atoms with van der Waals surface area (Å²) in [7, 11) is 0. The first-order valence-corrected chi connectivity index (χ1v) is 4.25. The van der Waals surface area contributed by atoms with Crippen molar-refractivity contribution in [2.24, 2.45) is 4.99 Å². The molecule has 0 aromatic heterocycles. The summed E-state index contributed by atoms with van der Waals surface area (Å²) in [6.07, 6.45) is 1.32. The summed E-state index contributed by atoms with van der Waals surface area (Å²) >= 11 is 0. The SMILES string of the molecule is C=c1ccc2c(c1)C=C(C(=O)O)C(=O)N=2. The molecular weight excluding hydrogens is 194 g/mol. The summed E-state index contributed by atoms with van der Waals surface area (Å²) in [5.41, 5.74) is 0.299. The Hall–Kier alpha value is -2.23. The maximum Gasteiger partial charge on any atom is 0.341 e. The van der Waals surface area contributed by atoms with E-state index in [1.165, 1.54) is 6.08 Å². The van der Waals surface area contributed by atoms with Crippen LogP contribution in [0.25, 0.3) is 12.7 Å². The Morgan fingerprint density at radius 3 is 2.80 bits per heavy atom. The number of hydrogen-bond donors (Lipinski definition) is 1. The molecule has 1 N–H and O–H groups in total. The van der Waals surface area contributed by atoms with E-state index in [0.29, 0.717) is 10.9 Å². The normalized spacial score (nSPS) is 13.9. The number of fused-ring (bicyclic) bond motifs is 1. The van der Waals surface area contributed by atoms with Gasteiger partial charge in [-0.1, -0.05) is 12.6 Å². The molecule has 0 unspecified atom stereocenters. The standard InChI is InChI=1S/C11H7NO3/c1-6-2-3-9-7(4-6)5-8(11(14)15)10(13)12-9/h2-5H,1H2,(H,14,15). The Bertz CT molecular complexity index is 599. The average Bonchev–Trinajstić information content (AvgIpc) is 2.17. The molecule has 0 fully saturated rings. The van der Waals surface area contributed by atoms with Crippen LogP contribution in [0.1, 0.15) is 5.56 Å². The fourth-order valence-electron chi connectivity index (χ4n) is 1.36. The third kappa shape index (κ3) is 1.57. The number of rotatable bonds is 1. The molecule has 0 radical (unpaired) electrons. The van der Waals surface area contributed by atoms with Crippen LogP contribution in [-0.2, 0) is 9.59 Å². The molecule has 2 rings (SSSR count). The van der Waals surface area contributed by atoms with Crippen molar-refractivity contribution < 1.29 is 14.7 Å². The highest BCUT2D eigenvalue weighted by molar-refractivity contribution is 6.20. The lowest BCUT2D eigenvalue weighted by atomic mass is 10.1. The van der Waals surface area contributed by atoms with Crippen molar-refractivity contribution in [3.05, 3.63) is 39.9 Å². The minimum atomic E-state index is -1.26. The third-order valence-corrected chi connectivity index (χ3v) is 2.07. The molecule has 1 aliphatic heterocycles. The van der Waals surface area contributed by atoms with E-state index < -0.39 is 11.9 Å². The van der Waals surface area contributed by atoms with E-state index >= 15 is 0 Å². The van der Waals surface area contributed by atoms with E-state index in [4.69, 9.17) is 5.11 Å². The summed E-state index contributed by atoms with van der Waals surface area (Å²) in [6, 6.07) is 5.05. The molecule has 0 spiro atoms. The van der Waals surface area contributed by atoms with Crippen LogP contribution >= 0.6 is 0 Å². The van der Waals surface area contributed by atoms with Gasteiger partial charge in [0, 0.05) is 5.56 Å². The van der Waals surface area contributed by atoms with Crippen molar-refractivity contribution in [2.45, 2.75) is 0 Å². The van der Waals surface area contributed by atoms with Gasteiger partial charge in [-0.05, 0) is 23.4 Å². The maximum absolute atomic E-state index is 11.3. The van der Waals surface area contributed by atoms with Gasteiger partial charge in [0.15, 0.2) is 0 Å². The van der Waals surface area contributed by atoms with E-state index in [9.17, 15) is 9.59 Å². The number of nitrogens with zero attached hydrogens (tertiary/aromatic N) is 1. The van der Waals surface area contributed by atoms with E-state index in [2.05, 4.69) is 11.6 Å². The van der Waals surface area contributed by atoms with Crippen molar-refractivity contribution in [1.82, 2.24) is 0 Å². The van der Waals surface area contributed by atoms with Crippen LogP contribution in [0, 0.1) is 0 Å². The molecule has 1 heterocycles. The second-order valence-electron chi connectivity index (χ2n) is 3.17. The highest BCUT2D eigenvalue weighted by Crippen LogP contribution is 2.07. The van der Waals surface area contributed by atoms with Gasteiger partial charge in [-0.25, -0.2) is 9.79 Å². The van der Waals surface area contributed by atoms with Crippen molar-refractivity contribution in [1.29, 1.82) is 0 Å². The van der Waals surface area contributed by atoms with E-state index in [-0.39, 0.29) is 5.57 Å². The van der Waals surface area contributed by atoms with Gasteiger partial charge in [-0.3, -0.25) is 4.79 Å². The summed E-state index contributed by atoms with van der Waals surface area (Å²) in [6.45, 7) is 3.71. The number of carbonyl (C=O) groups is 2. The number of carboxylic acid groups (broad SMARTS) is 1. The van der Waals surface area contributed by atoms with E-state index in [1.807, 2.05) is 0 Å². The van der Waals surface area contributed by atoms with Crippen LogP contribution in [0.2, 0.25) is 0 Å². The molecule has 1 aromatic rings. The van der Waals surface area contributed by atoms with Crippen LogP contribution in [0.15, 0.2) is 28.8 Å². The minimum absolute atomic E-state index is 0.312. The monoisotopic (exact) mass is 201 g/mol. The van der Waals surface area contributed by atoms with Crippen LogP contribution < -0.4 is 10.6 Å². The molecule has 0 saturated carbocycles. The molecule has 0 atom stereocenters. The molecular formula is C11H7NO3. The van der Waals surface area contributed by atoms with Crippen molar-refractivity contribution in [2.75, 3.05) is 0 Å². The maximum atomic E-state index is 11.3. The molecule has 1 aliphatic rings. The van der Waals surface area contributed by atoms with Gasteiger partial charge in [0.25, 0.3) is 5.91 Å². The first-order valence-electron chi connectivity index (χ1n) is 4.25. The summed E-state index contributed by atoms with van der Waals surface area (Å²) in [5.74, 6) is -1.98. The van der Waals surface area contributed by atoms with Crippen LogP contribution in [0.5, 0.6) is 0 Å². The van der Waals surface area contributed by atoms with Gasteiger partial charge < -0.3 is 5.11 Å². The number of hydrogen-bond acceptors (Lipinski definition) is 2. The quantitative estimate of drug-likeness (QED) is 0.636. The smallest absolute Gasteiger partial charge is 0.341 e. The Morgan fingerprint density at radius 2 is 2.13 bits per heavy atom. The van der Waals surface area contributed by atoms with Crippen molar-refractivity contribution in [3.8, 4) is 0 Å². The largest absolute Gasteiger partial charge is 0.477 e. The summed E-state index contributed by atoms with van der Waals surface area (Å²) in [4.78, 5) is 25.6. The topological polar surface area (TPSA) is 66.7 Å². The predicted octanol–water partition coefficient (Wildman–Crippen LogP) is -0.275. The molecule has 74 valence electrons. The van der Waals surface area contributed by atoms with Crippen LogP contribution in [0.4, 0.5) is 0 Å². The van der Waals surface area contributed by atoms with Gasteiger partial charge >= 0.3 is 5.97 Å². The number of carbonyl (C=O) groups excluding carboxylic acids is 1. The zero-order chi connectivity index (χ0) is 11.0. The Balaban J connectivity index is 2.72. The zero-order valence-corrected chi connectivity index (χ0v) is 7.73. The van der Waals surface area contributed by atoms with Gasteiger partial charge in [0.1, 0.15) is 5.57 Å². The van der Waals surface area contributed by atoms with Crippen LogP contribution in [0.3, 0.4) is 0 Å². The van der Waals surface area contributed by atoms with E-state index in [1.54, 1.807) is 18.2 Å². The molecule has 0 bridgehead atoms. The zero-order valence-electron chi connectivity index (χ0n) is 7.73. The Kier molecular flexibility index (Phi) is 1.97. The number of aliphatic carboxylic acids is 1. The number of amides is 1. The highest BCUT2D eigenvalue weighted by Gasteiger charge is 2.19. The van der Waals surface area contributed by atoms with Crippen molar-refractivity contribution >= 4 is 24.5 Å². The fraction of sp³-hybridized carbons (Fsp3) is 0. The number of benzene rings is 1. The summed E-state index contributed by atoms with van der Waals surface area (Å²) < 4.78 is 0. The molecule has 15 heavy (non-hydrogen) atoms. The number of carboxylic acids is 1. The average molecular weight is 201 g/mol. The minimum Gasteiger partial charge on any atom is -0.477 e. The van der Waals surface area contributed by atoms with Crippen LogP contribution in [-0.4, -0.2) is 17.0 Å². The molecule has 1 amide bonds. The molecule has 0 aliphatic carbocycles. The lowest BCUT2D eigenvalue weighted by Gasteiger charge is -2.04. The lowest BCUT2D eigenvalue weighted by molar-refractivity contribution is -0.134. The summed E-state index contributed by atoms with van der Waals surface area (Å²) in [5, 5.41) is 9.97. The second kappa shape index (κ2) is 3.16. The first-order chi connectivity index (χ1) is 7.08. The molecule has 4 nitrogen and oxygen atoms in total. The molecule has 1 aromatic carbocycles. The molecule has 4 heteroatoms. The van der Waals surface area contributed by atoms with Gasteiger partial charge in [-0.2, -0.15) is 0 Å². The lowest BCUT2D eigenvalue weighted by Crippen LogP contribution is -2.22. The first kappa shape index (κ1) is 9.33. The third-order valence-electron chi connectivity index (χ3n) is 2.07. The predicted molar refractivity (Wildman–Crippen MR) is 53.4 cm³/mol. The van der Waals surface area contributed by atoms with Gasteiger partial charge in [0.05, 0.1) is 5.36 Å². The Morgan fingerprint density at radius 1 is 1.40 bits per heavy atom. The second-order valence-corrected chi connectivity index (χ2v) is 3.17. The van der Waals surface area contributed by atoms with Gasteiger partial charge in [0.2, 0.25) is 0 Å². The highest BCUT2D eigenvalue weighted by atomic mass is 16.4. The molecule has 0 saturated heterocycles. The fourth-order valence-corrected chi connectivity index (χ4v) is 1.36. The van der Waals surface area contributed by atoms with Crippen molar-refractivity contribution in [3.63, 3.8) is 0 Å².